The zero-order chi connectivity index (χ0) is 11.5. The normalized spacial score (nSPS) is 19.4. The van der Waals surface area contributed by atoms with Gasteiger partial charge in [0.25, 0.3) is 0 Å². The van der Waals surface area contributed by atoms with Crippen LogP contribution < -0.4 is 0 Å². The number of hydrogen-bond donors (Lipinski definition) is 1. The topological polar surface area (TPSA) is 55.1 Å². The van der Waals surface area contributed by atoms with E-state index in [0.717, 1.165) is 19.3 Å². The Morgan fingerprint density at radius 1 is 1.69 bits per heavy atom. The van der Waals surface area contributed by atoms with Crippen molar-refractivity contribution in [2.75, 3.05) is 0 Å². The lowest BCUT2D eigenvalue weighted by molar-refractivity contribution is -0.142. The maximum Gasteiger partial charge on any atom is 0.308 e. The summed E-state index contributed by atoms with van der Waals surface area (Å²) in [7, 11) is 0. The molecule has 88 valence electrons. The molecule has 0 aromatic carbocycles. The van der Waals surface area contributed by atoms with Crippen molar-refractivity contribution in [3.05, 3.63) is 17.5 Å². The predicted molar refractivity (Wildman–Crippen MR) is 60.3 cm³/mol. The second-order valence-corrected chi connectivity index (χ2v) is 4.48. The van der Waals surface area contributed by atoms with Crippen LogP contribution in [0.15, 0.2) is 6.20 Å². The Bertz CT molecular complexity index is 384. The lowest BCUT2D eigenvalue weighted by atomic mass is 9.96. The predicted octanol–water partition coefficient (Wildman–Crippen LogP) is 1.87. The molecular formula is C12H18N2O2. The Morgan fingerprint density at radius 2 is 2.50 bits per heavy atom. The number of aromatic nitrogens is 2. The first-order valence-corrected chi connectivity index (χ1v) is 5.98. The molecule has 1 aromatic rings. The summed E-state index contributed by atoms with van der Waals surface area (Å²) in [6.07, 6.45) is 6.96. The molecule has 1 aliphatic heterocycles. The highest BCUT2D eigenvalue weighted by Gasteiger charge is 2.26. The van der Waals surface area contributed by atoms with Gasteiger partial charge in [-0.05, 0) is 31.2 Å². The molecule has 4 heteroatoms. The van der Waals surface area contributed by atoms with Crippen molar-refractivity contribution >= 4 is 5.97 Å². The average molecular weight is 222 g/mol. The van der Waals surface area contributed by atoms with Crippen molar-refractivity contribution in [3.8, 4) is 0 Å². The Balaban J connectivity index is 2.10. The third kappa shape index (κ3) is 2.10. The highest BCUT2D eigenvalue weighted by molar-refractivity contribution is 5.70. The lowest BCUT2D eigenvalue weighted by Crippen LogP contribution is -2.27. The monoisotopic (exact) mass is 222 g/mol. The molecule has 1 N–H and O–H groups in total. The zero-order valence-corrected chi connectivity index (χ0v) is 9.65. The summed E-state index contributed by atoms with van der Waals surface area (Å²) < 4.78 is 1.88. The zero-order valence-electron chi connectivity index (χ0n) is 9.65. The van der Waals surface area contributed by atoms with Gasteiger partial charge >= 0.3 is 5.97 Å². The number of carboxylic acid groups (broad SMARTS) is 1. The highest BCUT2D eigenvalue weighted by atomic mass is 16.4. The van der Waals surface area contributed by atoms with Crippen molar-refractivity contribution in [1.29, 1.82) is 0 Å². The van der Waals surface area contributed by atoms with E-state index in [1.54, 1.807) is 0 Å². The second kappa shape index (κ2) is 4.68. The third-order valence-corrected chi connectivity index (χ3v) is 3.31. The van der Waals surface area contributed by atoms with Crippen LogP contribution in [0.3, 0.4) is 0 Å². The smallest absolute Gasteiger partial charge is 0.308 e. The lowest BCUT2D eigenvalue weighted by Gasteiger charge is -2.20. The maximum absolute atomic E-state index is 10.9. The van der Waals surface area contributed by atoms with Gasteiger partial charge in [0.05, 0.1) is 18.7 Å². The van der Waals surface area contributed by atoms with Crippen molar-refractivity contribution in [2.24, 2.45) is 5.92 Å². The SMILES string of the molecule is CCCCc1cnn2c1CCC(C(=O)O)C2. The number of carboxylic acids is 1. The molecule has 0 bridgehead atoms. The largest absolute Gasteiger partial charge is 0.481 e. The molecule has 0 spiro atoms. The Morgan fingerprint density at radius 3 is 3.19 bits per heavy atom. The number of aliphatic carboxylic acids is 1. The average Bonchev–Trinajstić information content (AvgIpc) is 2.68. The molecule has 2 rings (SSSR count). The number of hydrogen-bond acceptors (Lipinski definition) is 2. The molecule has 4 nitrogen and oxygen atoms in total. The molecule has 2 heterocycles. The standard InChI is InChI=1S/C12H18N2O2/c1-2-3-4-9-7-13-14-8-10(12(15)16)5-6-11(9)14/h7,10H,2-6,8H2,1H3,(H,15,16). The van der Waals surface area contributed by atoms with Crippen molar-refractivity contribution in [2.45, 2.75) is 45.6 Å². The number of unbranched alkanes of at least 4 members (excludes halogenated alkanes) is 1. The first kappa shape index (κ1) is 11.2. The summed E-state index contributed by atoms with van der Waals surface area (Å²) in [6.45, 7) is 2.72. The molecule has 1 aliphatic rings. The number of fused-ring (bicyclic) bond motifs is 1. The molecule has 1 unspecified atom stereocenters. The molecule has 0 fully saturated rings. The molecule has 0 aliphatic carbocycles. The fraction of sp³-hybridized carbons (Fsp3) is 0.667. The first-order valence-electron chi connectivity index (χ1n) is 5.98. The maximum atomic E-state index is 10.9. The molecule has 0 saturated heterocycles. The second-order valence-electron chi connectivity index (χ2n) is 4.48. The Kier molecular flexibility index (Phi) is 3.27. The number of nitrogens with zero attached hydrogens (tertiary/aromatic N) is 2. The van der Waals surface area contributed by atoms with Gasteiger partial charge in [-0.2, -0.15) is 5.10 Å². The summed E-state index contributed by atoms with van der Waals surface area (Å²) in [5, 5.41) is 13.3. The van der Waals surface area contributed by atoms with Crippen LogP contribution in [-0.4, -0.2) is 20.9 Å². The van der Waals surface area contributed by atoms with E-state index in [2.05, 4.69) is 12.0 Å². The third-order valence-electron chi connectivity index (χ3n) is 3.31. The van der Waals surface area contributed by atoms with Gasteiger partial charge in [0, 0.05) is 5.69 Å². The van der Waals surface area contributed by atoms with E-state index in [1.807, 2.05) is 10.9 Å². The number of aryl methyl sites for hydroxylation is 1. The van der Waals surface area contributed by atoms with E-state index >= 15 is 0 Å². The quantitative estimate of drug-likeness (QED) is 0.846. The fourth-order valence-electron chi connectivity index (χ4n) is 2.28. The Labute approximate surface area is 95.3 Å². The van der Waals surface area contributed by atoms with Gasteiger partial charge in [0.1, 0.15) is 0 Å². The minimum atomic E-state index is -0.698. The van der Waals surface area contributed by atoms with E-state index < -0.39 is 5.97 Å². The number of carbonyl (C=O) groups is 1. The molecule has 0 amide bonds. The van der Waals surface area contributed by atoms with Crippen molar-refractivity contribution < 1.29 is 9.90 Å². The first-order chi connectivity index (χ1) is 7.72. The number of rotatable bonds is 4. The van der Waals surface area contributed by atoms with Crippen LogP contribution in [0.2, 0.25) is 0 Å². The van der Waals surface area contributed by atoms with Gasteiger partial charge in [0.15, 0.2) is 0 Å². The van der Waals surface area contributed by atoms with Crippen LogP contribution in [0.25, 0.3) is 0 Å². The van der Waals surface area contributed by atoms with E-state index in [1.165, 1.54) is 24.1 Å². The Hall–Kier alpha value is -1.32. The van der Waals surface area contributed by atoms with Crippen LogP contribution in [0.5, 0.6) is 0 Å². The molecule has 0 saturated carbocycles. The van der Waals surface area contributed by atoms with Gasteiger partial charge in [-0.1, -0.05) is 13.3 Å². The van der Waals surface area contributed by atoms with Crippen molar-refractivity contribution in [3.63, 3.8) is 0 Å². The molecular weight excluding hydrogens is 204 g/mol. The van der Waals surface area contributed by atoms with E-state index in [-0.39, 0.29) is 5.92 Å². The van der Waals surface area contributed by atoms with Gasteiger partial charge in [0.2, 0.25) is 0 Å². The van der Waals surface area contributed by atoms with E-state index in [9.17, 15) is 4.79 Å². The summed E-state index contributed by atoms with van der Waals surface area (Å²) in [6, 6.07) is 0. The minimum Gasteiger partial charge on any atom is -0.481 e. The highest BCUT2D eigenvalue weighted by Crippen LogP contribution is 2.23. The van der Waals surface area contributed by atoms with Gasteiger partial charge in [-0.3, -0.25) is 9.48 Å². The summed E-state index contributed by atoms with van der Waals surface area (Å²) in [5.74, 6) is -0.956. The van der Waals surface area contributed by atoms with Crippen LogP contribution in [0.4, 0.5) is 0 Å². The van der Waals surface area contributed by atoms with Gasteiger partial charge in [-0.25, -0.2) is 0 Å². The van der Waals surface area contributed by atoms with Crippen LogP contribution in [0.1, 0.15) is 37.4 Å². The van der Waals surface area contributed by atoms with Crippen LogP contribution in [0, 0.1) is 5.92 Å². The van der Waals surface area contributed by atoms with Gasteiger partial charge in [-0.15, -0.1) is 0 Å². The molecule has 1 atom stereocenters. The molecule has 0 radical (unpaired) electrons. The molecule has 1 aromatic heterocycles. The summed E-state index contributed by atoms with van der Waals surface area (Å²) in [4.78, 5) is 10.9. The molecule has 16 heavy (non-hydrogen) atoms. The summed E-state index contributed by atoms with van der Waals surface area (Å²) >= 11 is 0. The van der Waals surface area contributed by atoms with Gasteiger partial charge < -0.3 is 5.11 Å². The fourth-order valence-corrected chi connectivity index (χ4v) is 2.28. The van der Waals surface area contributed by atoms with Crippen molar-refractivity contribution in [1.82, 2.24) is 9.78 Å². The van der Waals surface area contributed by atoms with E-state index in [4.69, 9.17) is 5.11 Å². The van der Waals surface area contributed by atoms with E-state index in [0.29, 0.717) is 6.54 Å². The summed E-state index contributed by atoms with van der Waals surface area (Å²) in [5.41, 5.74) is 2.57. The minimum absolute atomic E-state index is 0.258. The van der Waals surface area contributed by atoms with Crippen LogP contribution >= 0.6 is 0 Å². The van der Waals surface area contributed by atoms with Crippen LogP contribution in [-0.2, 0) is 24.2 Å².